The molecule has 0 bridgehead atoms. The summed E-state index contributed by atoms with van der Waals surface area (Å²) in [7, 11) is -1.54. The van der Waals surface area contributed by atoms with E-state index in [9.17, 15) is 18.6 Å². The highest BCUT2D eigenvalue weighted by atomic mass is 35.5. The van der Waals surface area contributed by atoms with Crippen LogP contribution in [0.15, 0.2) is 42.5 Å². The lowest BCUT2D eigenvalue weighted by Gasteiger charge is -2.51. The van der Waals surface area contributed by atoms with Gasteiger partial charge in [-0.3, -0.25) is 19.1 Å². The standard InChI is InChI=1S/C25H30ClN3O4S/c1-17-11-18(2)13-20(12-17)14-23(31)29-10-9-25(29,3)24(32)28(16-22(30)27-34(4)33)15-19-5-7-21(26)8-6-19/h5-8,11-13H,9-10,14-16H2,1-4H3,(H,27,30). The molecule has 0 aromatic heterocycles. The number of nitrogens with one attached hydrogen (secondary N) is 1. The molecule has 9 heteroatoms. The first-order valence-corrected chi connectivity index (χ1v) is 13.0. The number of hydrogen-bond donors (Lipinski definition) is 1. The molecule has 34 heavy (non-hydrogen) atoms. The van der Waals surface area contributed by atoms with E-state index >= 15 is 0 Å². The predicted molar refractivity (Wildman–Crippen MR) is 133 cm³/mol. The van der Waals surface area contributed by atoms with Crippen LogP contribution >= 0.6 is 11.6 Å². The first-order chi connectivity index (χ1) is 16.0. The molecule has 182 valence electrons. The van der Waals surface area contributed by atoms with Gasteiger partial charge >= 0.3 is 0 Å². The van der Waals surface area contributed by atoms with Gasteiger partial charge in [0, 0.05) is 24.4 Å². The van der Waals surface area contributed by atoms with E-state index < -0.39 is 22.4 Å². The number of aryl methyl sites for hydroxylation is 2. The monoisotopic (exact) mass is 503 g/mol. The molecule has 1 aliphatic heterocycles. The van der Waals surface area contributed by atoms with E-state index in [0.29, 0.717) is 18.0 Å². The summed E-state index contributed by atoms with van der Waals surface area (Å²) in [5, 5.41) is 0.565. The van der Waals surface area contributed by atoms with Gasteiger partial charge in [0.05, 0.1) is 6.42 Å². The number of amides is 3. The fourth-order valence-electron chi connectivity index (χ4n) is 4.34. The summed E-state index contributed by atoms with van der Waals surface area (Å²) in [5.41, 5.74) is 2.82. The number of carbonyl (C=O) groups is 3. The molecular formula is C25H30ClN3O4S. The average molecular weight is 504 g/mol. The molecule has 0 aliphatic carbocycles. The lowest BCUT2D eigenvalue weighted by molar-refractivity contribution is -0.164. The van der Waals surface area contributed by atoms with Gasteiger partial charge in [-0.2, -0.15) is 0 Å². The zero-order valence-electron chi connectivity index (χ0n) is 19.9. The molecule has 1 fully saturated rings. The van der Waals surface area contributed by atoms with Crippen molar-refractivity contribution in [3.05, 3.63) is 69.7 Å². The maximum Gasteiger partial charge on any atom is 0.251 e. The van der Waals surface area contributed by atoms with Crippen LogP contribution in [0.25, 0.3) is 0 Å². The number of rotatable bonds is 8. The molecule has 2 aromatic carbocycles. The Morgan fingerprint density at radius 1 is 1.09 bits per heavy atom. The van der Waals surface area contributed by atoms with Crippen molar-refractivity contribution in [1.82, 2.24) is 14.5 Å². The molecule has 2 atom stereocenters. The minimum Gasteiger partial charge on any atom is -0.328 e. The molecule has 1 saturated heterocycles. The van der Waals surface area contributed by atoms with Crippen LogP contribution in [0.5, 0.6) is 0 Å². The van der Waals surface area contributed by atoms with Crippen LogP contribution in [0.3, 0.4) is 0 Å². The summed E-state index contributed by atoms with van der Waals surface area (Å²) in [6.07, 6.45) is 2.06. The molecule has 0 saturated carbocycles. The Hall–Kier alpha value is -2.71. The van der Waals surface area contributed by atoms with E-state index in [1.54, 1.807) is 36.1 Å². The number of hydrogen-bond acceptors (Lipinski definition) is 4. The van der Waals surface area contributed by atoms with Crippen molar-refractivity contribution in [2.75, 3.05) is 19.3 Å². The lowest BCUT2D eigenvalue weighted by atomic mass is 9.84. The Bertz CT molecular complexity index is 1100. The molecule has 0 spiro atoms. The average Bonchev–Trinajstić information content (AvgIpc) is 2.71. The third-order valence-corrected chi connectivity index (χ3v) is 6.75. The Balaban J connectivity index is 1.79. The number of nitrogens with zero attached hydrogens (tertiary/aromatic N) is 2. The molecule has 3 rings (SSSR count). The van der Waals surface area contributed by atoms with Gasteiger partial charge in [0.25, 0.3) is 5.91 Å². The van der Waals surface area contributed by atoms with Gasteiger partial charge in [0.15, 0.2) is 0 Å². The van der Waals surface area contributed by atoms with E-state index in [-0.39, 0.29) is 31.3 Å². The van der Waals surface area contributed by atoms with Crippen molar-refractivity contribution in [3.8, 4) is 0 Å². The fraction of sp³-hybridized carbons (Fsp3) is 0.400. The zero-order chi connectivity index (χ0) is 25.0. The third kappa shape index (κ3) is 6.24. The molecule has 1 N–H and O–H groups in total. The minimum absolute atomic E-state index is 0.127. The Labute approximate surface area is 208 Å². The van der Waals surface area contributed by atoms with Gasteiger partial charge in [0.1, 0.15) is 23.1 Å². The highest BCUT2D eigenvalue weighted by Gasteiger charge is 2.51. The van der Waals surface area contributed by atoms with Crippen molar-refractivity contribution in [1.29, 1.82) is 0 Å². The van der Waals surface area contributed by atoms with E-state index in [1.165, 1.54) is 11.2 Å². The summed E-state index contributed by atoms with van der Waals surface area (Å²) in [4.78, 5) is 42.2. The molecule has 2 unspecified atom stereocenters. The maximum atomic E-state index is 13.7. The SMILES string of the molecule is Cc1cc(C)cc(CC(=O)N2CCC2(C)C(=O)N(CC(=O)NS(C)=O)Cc2ccc(Cl)cc2)c1. The van der Waals surface area contributed by atoms with Crippen LogP contribution in [0.4, 0.5) is 0 Å². The predicted octanol–water partition coefficient (Wildman–Crippen LogP) is 2.93. The molecule has 1 aliphatic rings. The quantitative estimate of drug-likeness (QED) is 0.600. The Morgan fingerprint density at radius 2 is 1.71 bits per heavy atom. The van der Waals surface area contributed by atoms with Crippen LogP contribution in [0.1, 0.15) is 35.6 Å². The first-order valence-electron chi connectivity index (χ1n) is 11.0. The third-order valence-electron chi connectivity index (χ3n) is 5.98. The molecule has 0 radical (unpaired) electrons. The lowest BCUT2D eigenvalue weighted by Crippen LogP contribution is -2.68. The van der Waals surface area contributed by atoms with Crippen LogP contribution in [0.2, 0.25) is 5.02 Å². The molecule has 1 heterocycles. The van der Waals surface area contributed by atoms with Crippen molar-refractivity contribution in [2.24, 2.45) is 0 Å². The molecule has 3 amide bonds. The summed E-state index contributed by atoms with van der Waals surface area (Å²) in [6.45, 7) is 6.08. The highest BCUT2D eigenvalue weighted by Crippen LogP contribution is 2.33. The number of likely N-dealkylation sites (tertiary alicyclic amines) is 1. The molecule has 7 nitrogen and oxygen atoms in total. The summed E-state index contributed by atoms with van der Waals surface area (Å²) in [6, 6.07) is 13.0. The van der Waals surface area contributed by atoms with Gasteiger partial charge in [-0.05, 0) is 50.5 Å². The van der Waals surface area contributed by atoms with E-state index in [4.69, 9.17) is 11.6 Å². The minimum atomic E-state index is -1.54. The summed E-state index contributed by atoms with van der Waals surface area (Å²) < 4.78 is 13.8. The Kier molecular flexibility index (Phi) is 8.15. The van der Waals surface area contributed by atoms with Gasteiger partial charge in [-0.1, -0.05) is 53.1 Å². The van der Waals surface area contributed by atoms with Gasteiger partial charge in [-0.25, -0.2) is 4.21 Å². The van der Waals surface area contributed by atoms with Crippen LogP contribution in [-0.4, -0.2) is 56.6 Å². The normalized spacial score (nSPS) is 18.1. The van der Waals surface area contributed by atoms with Crippen LogP contribution in [-0.2, 0) is 38.3 Å². The highest BCUT2D eigenvalue weighted by molar-refractivity contribution is 7.82. The van der Waals surface area contributed by atoms with Crippen molar-refractivity contribution < 1.29 is 18.6 Å². The molecular weight excluding hydrogens is 474 g/mol. The van der Waals surface area contributed by atoms with Crippen molar-refractivity contribution in [3.63, 3.8) is 0 Å². The number of carbonyl (C=O) groups excluding carboxylic acids is 3. The van der Waals surface area contributed by atoms with E-state index in [0.717, 1.165) is 22.3 Å². The van der Waals surface area contributed by atoms with E-state index in [1.807, 2.05) is 32.0 Å². The van der Waals surface area contributed by atoms with Gasteiger partial charge in [0.2, 0.25) is 11.8 Å². The van der Waals surface area contributed by atoms with Gasteiger partial charge < -0.3 is 9.80 Å². The van der Waals surface area contributed by atoms with Crippen molar-refractivity contribution >= 4 is 40.3 Å². The Morgan fingerprint density at radius 3 is 2.24 bits per heavy atom. The fourth-order valence-corrected chi connectivity index (χ4v) is 4.85. The maximum absolute atomic E-state index is 13.7. The van der Waals surface area contributed by atoms with Crippen molar-refractivity contribution in [2.45, 2.75) is 45.7 Å². The summed E-state index contributed by atoms with van der Waals surface area (Å²) in [5.74, 6) is -0.976. The van der Waals surface area contributed by atoms with Crippen LogP contribution < -0.4 is 4.72 Å². The number of benzene rings is 2. The second-order valence-corrected chi connectivity index (χ2v) is 10.6. The van der Waals surface area contributed by atoms with E-state index in [2.05, 4.69) is 4.72 Å². The second kappa shape index (κ2) is 10.7. The molecule has 2 aromatic rings. The zero-order valence-corrected chi connectivity index (χ0v) is 21.5. The number of halogens is 1. The topological polar surface area (TPSA) is 86.8 Å². The van der Waals surface area contributed by atoms with Crippen LogP contribution in [0, 0.1) is 13.8 Å². The first kappa shape index (κ1) is 25.9. The largest absolute Gasteiger partial charge is 0.328 e. The summed E-state index contributed by atoms with van der Waals surface area (Å²) >= 11 is 5.97. The smallest absolute Gasteiger partial charge is 0.251 e. The second-order valence-electron chi connectivity index (χ2n) is 9.01. The van der Waals surface area contributed by atoms with Gasteiger partial charge in [-0.15, -0.1) is 0 Å².